The Balaban J connectivity index is 3.50. The van der Waals surface area contributed by atoms with Crippen LogP contribution >= 0.6 is 0 Å². The summed E-state index contributed by atoms with van der Waals surface area (Å²) in [4.78, 5) is 21.7. The van der Waals surface area contributed by atoms with Crippen molar-refractivity contribution in [2.75, 3.05) is 13.1 Å². The van der Waals surface area contributed by atoms with E-state index in [9.17, 15) is 9.59 Å². The molecule has 0 aromatic rings. The molecule has 0 aromatic heterocycles. The summed E-state index contributed by atoms with van der Waals surface area (Å²) in [7, 11) is 0. The number of nitrogens with one attached hydrogen (secondary N) is 2. The van der Waals surface area contributed by atoms with Crippen LogP contribution in [0.1, 0.15) is 26.7 Å². The number of amides is 2. The van der Waals surface area contributed by atoms with Gasteiger partial charge in [-0.05, 0) is 13.3 Å². The number of likely N-dealkylation sites (N-methyl/N-ethyl adjacent to an activating group) is 1. The zero-order valence-electron chi connectivity index (χ0n) is 7.64. The van der Waals surface area contributed by atoms with Crippen molar-refractivity contribution in [1.82, 2.24) is 10.6 Å². The van der Waals surface area contributed by atoms with Crippen molar-refractivity contribution in [1.29, 1.82) is 0 Å². The summed E-state index contributed by atoms with van der Waals surface area (Å²) in [5.74, 6) is -1.08. The summed E-state index contributed by atoms with van der Waals surface area (Å²) in [6, 6.07) is 0. The predicted octanol–water partition coefficient (Wildman–Crippen LogP) is 0.0388. The highest BCUT2D eigenvalue weighted by Crippen LogP contribution is 1.81. The van der Waals surface area contributed by atoms with Gasteiger partial charge in [0.25, 0.3) is 0 Å². The Hall–Kier alpha value is -1.06. The van der Waals surface area contributed by atoms with Crippen LogP contribution in [0.4, 0.5) is 0 Å². The van der Waals surface area contributed by atoms with Gasteiger partial charge in [0.05, 0.1) is 0 Å². The molecule has 4 nitrogen and oxygen atoms in total. The molecule has 0 saturated carbocycles. The Bertz CT molecular complexity index is 157. The standard InChI is InChI=1S/C8H16N2O2/c1-3-5-6-10-8(12)7(11)9-4-2/h3-6H2,1-2H3,(H,9,11)(H,10,12). The average molecular weight is 172 g/mol. The molecule has 0 rings (SSSR count). The Kier molecular flexibility index (Phi) is 6.05. The van der Waals surface area contributed by atoms with Gasteiger partial charge in [0, 0.05) is 13.1 Å². The lowest BCUT2D eigenvalue weighted by molar-refractivity contribution is -0.139. The van der Waals surface area contributed by atoms with Crippen molar-refractivity contribution in [3.05, 3.63) is 0 Å². The number of unbranched alkanes of at least 4 members (excludes halogenated alkanes) is 1. The third kappa shape index (κ3) is 4.71. The number of carbonyl (C=O) groups is 2. The minimum Gasteiger partial charge on any atom is -0.348 e. The second kappa shape index (κ2) is 6.64. The third-order valence-electron chi connectivity index (χ3n) is 1.36. The van der Waals surface area contributed by atoms with Crippen LogP contribution in [0.2, 0.25) is 0 Å². The summed E-state index contributed by atoms with van der Waals surface area (Å²) >= 11 is 0. The zero-order chi connectivity index (χ0) is 9.40. The first kappa shape index (κ1) is 10.9. The lowest BCUT2D eigenvalue weighted by Gasteiger charge is -2.02. The maximum atomic E-state index is 10.9. The molecule has 0 heterocycles. The number of hydrogen-bond acceptors (Lipinski definition) is 2. The van der Waals surface area contributed by atoms with Gasteiger partial charge in [-0.3, -0.25) is 9.59 Å². The van der Waals surface area contributed by atoms with Crippen LogP contribution in [-0.4, -0.2) is 24.9 Å². The second-order valence-electron chi connectivity index (χ2n) is 2.47. The van der Waals surface area contributed by atoms with E-state index in [1.807, 2.05) is 6.92 Å². The van der Waals surface area contributed by atoms with E-state index in [2.05, 4.69) is 10.6 Å². The first-order chi connectivity index (χ1) is 5.72. The molecule has 12 heavy (non-hydrogen) atoms. The highest BCUT2D eigenvalue weighted by Gasteiger charge is 2.09. The Morgan fingerprint density at radius 3 is 2.17 bits per heavy atom. The lowest BCUT2D eigenvalue weighted by atomic mass is 10.3. The van der Waals surface area contributed by atoms with Crippen LogP contribution in [-0.2, 0) is 9.59 Å². The topological polar surface area (TPSA) is 58.2 Å². The Labute approximate surface area is 72.7 Å². The molecule has 0 atom stereocenters. The van der Waals surface area contributed by atoms with Crippen LogP contribution < -0.4 is 10.6 Å². The summed E-state index contributed by atoms with van der Waals surface area (Å²) in [5, 5.41) is 4.94. The Morgan fingerprint density at radius 1 is 1.08 bits per heavy atom. The van der Waals surface area contributed by atoms with Gasteiger partial charge in [-0.2, -0.15) is 0 Å². The summed E-state index contributed by atoms with van der Waals surface area (Å²) in [6.45, 7) is 4.86. The van der Waals surface area contributed by atoms with Crippen LogP contribution in [0.25, 0.3) is 0 Å². The molecule has 4 heteroatoms. The van der Waals surface area contributed by atoms with E-state index in [4.69, 9.17) is 0 Å². The van der Waals surface area contributed by atoms with Gasteiger partial charge in [-0.25, -0.2) is 0 Å². The number of hydrogen-bond donors (Lipinski definition) is 2. The van der Waals surface area contributed by atoms with Gasteiger partial charge in [0.1, 0.15) is 0 Å². The molecule has 0 unspecified atom stereocenters. The van der Waals surface area contributed by atoms with Crippen molar-refractivity contribution in [3.8, 4) is 0 Å². The van der Waals surface area contributed by atoms with Crippen LogP contribution in [0, 0.1) is 0 Å². The summed E-state index contributed by atoms with van der Waals surface area (Å²) in [6.07, 6.45) is 1.92. The van der Waals surface area contributed by atoms with E-state index in [-0.39, 0.29) is 0 Å². The van der Waals surface area contributed by atoms with Crippen molar-refractivity contribution in [2.24, 2.45) is 0 Å². The highest BCUT2D eigenvalue weighted by atomic mass is 16.2. The van der Waals surface area contributed by atoms with E-state index in [0.29, 0.717) is 13.1 Å². The molecule has 2 N–H and O–H groups in total. The fraction of sp³-hybridized carbons (Fsp3) is 0.750. The van der Waals surface area contributed by atoms with Crippen LogP contribution in [0.3, 0.4) is 0 Å². The normalized spacial score (nSPS) is 9.17. The van der Waals surface area contributed by atoms with Gasteiger partial charge >= 0.3 is 11.8 Å². The van der Waals surface area contributed by atoms with E-state index >= 15 is 0 Å². The molecule has 70 valence electrons. The summed E-state index contributed by atoms with van der Waals surface area (Å²) < 4.78 is 0. The second-order valence-corrected chi connectivity index (χ2v) is 2.47. The van der Waals surface area contributed by atoms with E-state index in [1.165, 1.54) is 0 Å². The fourth-order valence-corrected chi connectivity index (χ4v) is 0.700. The SMILES string of the molecule is CCCCNC(=O)C(=O)NCC. The maximum absolute atomic E-state index is 10.9. The molecule has 2 amide bonds. The quantitative estimate of drug-likeness (QED) is 0.464. The molecule has 0 fully saturated rings. The van der Waals surface area contributed by atoms with Gasteiger partial charge in [-0.15, -0.1) is 0 Å². The number of rotatable bonds is 4. The number of carbonyl (C=O) groups excluding carboxylic acids is 2. The van der Waals surface area contributed by atoms with Crippen molar-refractivity contribution in [3.63, 3.8) is 0 Å². The first-order valence-electron chi connectivity index (χ1n) is 4.28. The smallest absolute Gasteiger partial charge is 0.309 e. The van der Waals surface area contributed by atoms with Crippen molar-refractivity contribution < 1.29 is 9.59 Å². The largest absolute Gasteiger partial charge is 0.348 e. The molecule has 0 aliphatic rings. The molecule has 0 aliphatic carbocycles. The van der Waals surface area contributed by atoms with Gasteiger partial charge in [-0.1, -0.05) is 13.3 Å². The van der Waals surface area contributed by atoms with E-state index < -0.39 is 11.8 Å². The lowest BCUT2D eigenvalue weighted by Crippen LogP contribution is -2.40. The van der Waals surface area contributed by atoms with Gasteiger partial charge < -0.3 is 10.6 Å². The molecule has 0 aliphatic heterocycles. The van der Waals surface area contributed by atoms with Crippen LogP contribution in [0.5, 0.6) is 0 Å². The minimum absolute atomic E-state index is 0.486. The van der Waals surface area contributed by atoms with Crippen LogP contribution in [0.15, 0.2) is 0 Å². The maximum Gasteiger partial charge on any atom is 0.309 e. The summed E-state index contributed by atoms with van der Waals surface area (Å²) in [5.41, 5.74) is 0. The average Bonchev–Trinajstić information content (AvgIpc) is 2.05. The molecule has 0 saturated heterocycles. The van der Waals surface area contributed by atoms with E-state index in [0.717, 1.165) is 12.8 Å². The molecular formula is C8H16N2O2. The van der Waals surface area contributed by atoms with Gasteiger partial charge in [0.15, 0.2) is 0 Å². The molecule has 0 bridgehead atoms. The molecule has 0 aromatic carbocycles. The minimum atomic E-state index is -0.548. The van der Waals surface area contributed by atoms with E-state index in [1.54, 1.807) is 6.92 Å². The van der Waals surface area contributed by atoms with Crippen molar-refractivity contribution in [2.45, 2.75) is 26.7 Å². The molecule has 0 spiro atoms. The Morgan fingerprint density at radius 2 is 1.67 bits per heavy atom. The predicted molar refractivity (Wildman–Crippen MR) is 46.6 cm³/mol. The molecule has 0 radical (unpaired) electrons. The first-order valence-corrected chi connectivity index (χ1v) is 4.28. The fourth-order valence-electron chi connectivity index (χ4n) is 0.700. The highest BCUT2D eigenvalue weighted by molar-refractivity contribution is 6.35. The molecular weight excluding hydrogens is 156 g/mol. The zero-order valence-corrected chi connectivity index (χ0v) is 7.64. The third-order valence-corrected chi connectivity index (χ3v) is 1.36. The van der Waals surface area contributed by atoms with Gasteiger partial charge in [0.2, 0.25) is 0 Å². The van der Waals surface area contributed by atoms with Crippen molar-refractivity contribution >= 4 is 11.8 Å². The monoisotopic (exact) mass is 172 g/mol.